The average molecular weight is 257 g/mol. The van der Waals surface area contributed by atoms with Gasteiger partial charge in [0.05, 0.1) is 12.6 Å². The van der Waals surface area contributed by atoms with Crippen LogP contribution in [0.3, 0.4) is 0 Å². The normalized spacial score (nSPS) is 21.8. The molecule has 0 aromatic carbocycles. The lowest BCUT2D eigenvalue weighted by atomic mass is 10.0. The summed E-state index contributed by atoms with van der Waals surface area (Å²) in [5, 5.41) is 5.74. The minimum Gasteiger partial charge on any atom is -0.383 e. The van der Waals surface area contributed by atoms with Crippen LogP contribution in [0.4, 0.5) is 0 Å². The number of nitrogens with one attached hydrogen (secondary N) is 2. The molecule has 1 aliphatic rings. The summed E-state index contributed by atoms with van der Waals surface area (Å²) in [6, 6.07) is -0.585. The molecular weight excluding hydrogens is 234 g/mol. The second-order valence-corrected chi connectivity index (χ2v) is 4.47. The van der Waals surface area contributed by atoms with E-state index in [2.05, 4.69) is 10.6 Å². The molecule has 6 nitrogen and oxygen atoms in total. The molecule has 2 N–H and O–H groups in total. The van der Waals surface area contributed by atoms with Gasteiger partial charge in [0.2, 0.25) is 11.8 Å². The van der Waals surface area contributed by atoms with Crippen molar-refractivity contribution in [2.24, 2.45) is 0 Å². The third-order valence-corrected chi connectivity index (χ3v) is 3.27. The first-order chi connectivity index (χ1) is 8.61. The zero-order valence-electron chi connectivity index (χ0n) is 11.4. The first-order valence-corrected chi connectivity index (χ1v) is 6.36. The van der Waals surface area contributed by atoms with Gasteiger partial charge in [0, 0.05) is 20.2 Å². The standard InChI is InChI=1S/C12H23N3O3/c1-9(11(16)14-6-8-18-3)15-7-4-5-10(13-2)12(15)17/h9-10,13H,4-8H2,1-3H3,(H,14,16). The number of likely N-dealkylation sites (tertiary alicyclic amines) is 1. The van der Waals surface area contributed by atoms with Gasteiger partial charge in [-0.2, -0.15) is 0 Å². The molecule has 2 atom stereocenters. The highest BCUT2D eigenvalue weighted by Gasteiger charge is 2.33. The maximum absolute atomic E-state index is 12.1. The second kappa shape index (κ2) is 7.33. The Labute approximate surface area is 108 Å². The van der Waals surface area contributed by atoms with Crippen molar-refractivity contribution in [1.82, 2.24) is 15.5 Å². The zero-order valence-corrected chi connectivity index (χ0v) is 11.4. The molecule has 1 saturated heterocycles. The van der Waals surface area contributed by atoms with Crippen LogP contribution in [0.1, 0.15) is 19.8 Å². The molecule has 18 heavy (non-hydrogen) atoms. The minimum atomic E-state index is -0.425. The minimum absolute atomic E-state index is 0.0122. The number of carbonyl (C=O) groups excluding carboxylic acids is 2. The molecular formula is C12H23N3O3. The highest BCUT2D eigenvalue weighted by atomic mass is 16.5. The van der Waals surface area contributed by atoms with Gasteiger partial charge in [0.1, 0.15) is 6.04 Å². The van der Waals surface area contributed by atoms with E-state index >= 15 is 0 Å². The van der Waals surface area contributed by atoms with E-state index in [9.17, 15) is 9.59 Å². The van der Waals surface area contributed by atoms with Gasteiger partial charge in [-0.3, -0.25) is 9.59 Å². The van der Waals surface area contributed by atoms with E-state index in [1.165, 1.54) is 0 Å². The lowest BCUT2D eigenvalue weighted by Gasteiger charge is -2.35. The van der Waals surface area contributed by atoms with Crippen molar-refractivity contribution in [2.75, 3.05) is 33.9 Å². The highest BCUT2D eigenvalue weighted by molar-refractivity contribution is 5.90. The molecule has 1 aliphatic heterocycles. The van der Waals surface area contributed by atoms with E-state index in [0.717, 1.165) is 12.8 Å². The van der Waals surface area contributed by atoms with Crippen molar-refractivity contribution in [3.8, 4) is 0 Å². The lowest BCUT2D eigenvalue weighted by Crippen LogP contribution is -2.56. The van der Waals surface area contributed by atoms with Gasteiger partial charge in [-0.15, -0.1) is 0 Å². The van der Waals surface area contributed by atoms with Crippen LogP contribution >= 0.6 is 0 Å². The predicted molar refractivity (Wildman–Crippen MR) is 68.1 cm³/mol. The predicted octanol–water partition coefficient (Wildman–Crippen LogP) is -0.652. The molecule has 0 aromatic rings. The summed E-state index contributed by atoms with van der Waals surface area (Å²) in [6.07, 6.45) is 1.76. The maximum atomic E-state index is 12.1. The molecule has 2 amide bonds. The van der Waals surface area contributed by atoms with Crippen LogP contribution in [0.15, 0.2) is 0 Å². The number of ether oxygens (including phenoxy) is 1. The molecule has 6 heteroatoms. The summed E-state index contributed by atoms with van der Waals surface area (Å²) in [6.45, 7) is 3.36. The maximum Gasteiger partial charge on any atom is 0.242 e. The smallest absolute Gasteiger partial charge is 0.242 e. The van der Waals surface area contributed by atoms with Crippen LogP contribution in [0.25, 0.3) is 0 Å². The molecule has 1 heterocycles. The molecule has 0 aromatic heterocycles. The molecule has 0 saturated carbocycles. The molecule has 0 bridgehead atoms. The van der Waals surface area contributed by atoms with Gasteiger partial charge in [-0.1, -0.05) is 0 Å². The largest absolute Gasteiger partial charge is 0.383 e. The Morgan fingerprint density at radius 2 is 2.33 bits per heavy atom. The van der Waals surface area contributed by atoms with E-state index < -0.39 is 6.04 Å². The Morgan fingerprint density at radius 3 is 2.94 bits per heavy atom. The van der Waals surface area contributed by atoms with Crippen LogP contribution in [-0.4, -0.2) is 62.7 Å². The van der Waals surface area contributed by atoms with E-state index in [0.29, 0.717) is 19.7 Å². The van der Waals surface area contributed by atoms with Crippen LogP contribution in [0.5, 0.6) is 0 Å². The van der Waals surface area contributed by atoms with E-state index in [1.807, 2.05) is 0 Å². The number of carbonyl (C=O) groups is 2. The second-order valence-electron chi connectivity index (χ2n) is 4.47. The summed E-state index contributed by atoms with van der Waals surface area (Å²) in [5.74, 6) is -0.115. The van der Waals surface area contributed by atoms with Gasteiger partial charge in [-0.05, 0) is 26.8 Å². The zero-order chi connectivity index (χ0) is 13.5. The third kappa shape index (κ3) is 3.68. The fourth-order valence-corrected chi connectivity index (χ4v) is 2.12. The van der Waals surface area contributed by atoms with E-state index in [1.54, 1.807) is 26.0 Å². The van der Waals surface area contributed by atoms with Gasteiger partial charge < -0.3 is 20.3 Å². The van der Waals surface area contributed by atoms with Gasteiger partial charge in [0.25, 0.3) is 0 Å². The number of amides is 2. The molecule has 0 radical (unpaired) electrons. The molecule has 104 valence electrons. The van der Waals surface area contributed by atoms with Crippen molar-refractivity contribution in [3.05, 3.63) is 0 Å². The van der Waals surface area contributed by atoms with Crippen molar-refractivity contribution >= 4 is 11.8 Å². The van der Waals surface area contributed by atoms with Gasteiger partial charge in [-0.25, -0.2) is 0 Å². The first kappa shape index (κ1) is 14.9. The number of methoxy groups -OCH3 is 1. The Balaban J connectivity index is 2.51. The fourth-order valence-electron chi connectivity index (χ4n) is 2.12. The van der Waals surface area contributed by atoms with Crippen molar-refractivity contribution in [3.63, 3.8) is 0 Å². The van der Waals surface area contributed by atoms with Crippen LogP contribution in [0, 0.1) is 0 Å². The molecule has 1 fully saturated rings. The number of piperidine rings is 1. The van der Waals surface area contributed by atoms with Crippen molar-refractivity contribution < 1.29 is 14.3 Å². The topological polar surface area (TPSA) is 70.7 Å². The molecule has 1 rings (SSSR count). The summed E-state index contributed by atoms with van der Waals surface area (Å²) in [4.78, 5) is 25.6. The van der Waals surface area contributed by atoms with E-state index in [4.69, 9.17) is 4.74 Å². The number of hydrogen-bond acceptors (Lipinski definition) is 4. The summed E-state index contributed by atoms with van der Waals surface area (Å²) in [5.41, 5.74) is 0. The average Bonchev–Trinajstić information content (AvgIpc) is 2.38. The fraction of sp³-hybridized carbons (Fsp3) is 0.833. The van der Waals surface area contributed by atoms with Gasteiger partial charge >= 0.3 is 0 Å². The first-order valence-electron chi connectivity index (χ1n) is 6.36. The van der Waals surface area contributed by atoms with Gasteiger partial charge in [0.15, 0.2) is 0 Å². The van der Waals surface area contributed by atoms with Crippen molar-refractivity contribution in [2.45, 2.75) is 31.8 Å². The van der Waals surface area contributed by atoms with Crippen molar-refractivity contribution in [1.29, 1.82) is 0 Å². The molecule has 0 aliphatic carbocycles. The summed E-state index contributed by atoms with van der Waals surface area (Å²) >= 11 is 0. The monoisotopic (exact) mass is 257 g/mol. The third-order valence-electron chi connectivity index (χ3n) is 3.27. The number of likely N-dealkylation sites (N-methyl/N-ethyl adjacent to an activating group) is 1. The number of nitrogens with zero attached hydrogens (tertiary/aromatic N) is 1. The van der Waals surface area contributed by atoms with E-state index in [-0.39, 0.29) is 17.9 Å². The molecule has 0 spiro atoms. The Bertz CT molecular complexity index is 296. The lowest BCUT2D eigenvalue weighted by molar-refractivity contribution is -0.143. The van der Waals surface area contributed by atoms with Crippen LogP contribution in [-0.2, 0) is 14.3 Å². The Hall–Kier alpha value is -1.14. The Kier molecular flexibility index (Phi) is 6.07. The summed E-state index contributed by atoms with van der Waals surface area (Å²) in [7, 11) is 3.36. The molecule has 2 unspecified atom stereocenters. The van der Waals surface area contributed by atoms with Crippen LogP contribution in [0.2, 0.25) is 0 Å². The number of hydrogen-bond donors (Lipinski definition) is 2. The summed E-state index contributed by atoms with van der Waals surface area (Å²) < 4.78 is 4.87. The highest BCUT2D eigenvalue weighted by Crippen LogP contribution is 2.14. The Morgan fingerprint density at radius 1 is 1.61 bits per heavy atom. The number of rotatable bonds is 6. The quantitative estimate of drug-likeness (QED) is 0.620. The SMILES string of the molecule is CNC1CCCN(C(C)C(=O)NCCOC)C1=O. The van der Waals surface area contributed by atoms with Crippen LogP contribution < -0.4 is 10.6 Å².